The molecular weight excluding hydrogens is 500 g/mol. The Kier molecular flexibility index (Phi) is 7.53. The van der Waals surface area contributed by atoms with Crippen LogP contribution in [0.2, 0.25) is 5.02 Å². The fraction of sp³-hybridized carbons (Fsp3) is 0.538. The van der Waals surface area contributed by atoms with Crippen LogP contribution in [0.1, 0.15) is 38.5 Å². The number of likely N-dealkylation sites (tertiary alicyclic amines) is 3. The molecule has 2 amide bonds. The van der Waals surface area contributed by atoms with Gasteiger partial charge in [-0.2, -0.15) is 4.72 Å². The third-order valence-corrected chi connectivity index (χ3v) is 9.43. The second-order valence-corrected chi connectivity index (χ2v) is 12.2. The number of rotatable bonds is 7. The zero-order chi connectivity index (χ0) is 25.3. The number of nitrogens with zero attached hydrogens (tertiary/aromatic N) is 3. The van der Waals surface area contributed by atoms with Gasteiger partial charge in [-0.1, -0.05) is 29.8 Å². The van der Waals surface area contributed by atoms with Crippen molar-refractivity contribution in [3.63, 3.8) is 0 Å². The Labute approximate surface area is 217 Å². The summed E-state index contributed by atoms with van der Waals surface area (Å²) in [7, 11) is -3.93. The summed E-state index contributed by atoms with van der Waals surface area (Å²) in [6.45, 7) is 4.27. The van der Waals surface area contributed by atoms with Crippen molar-refractivity contribution in [2.75, 3.05) is 39.3 Å². The van der Waals surface area contributed by atoms with E-state index in [0.717, 1.165) is 44.4 Å². The lowest BCUT2D eigenvalue weighted by Gasteiger charge is -2.34. The highest BCUT2D eigenvalue weighted by molar-refractivity contribution is 7.89. The van der Waals surface area contributed by atoms with E-state index in [-0.39, 0.29) is 29.3 Å². The van der Waals surface area contributed by atoms with Gasteiger partial charge in [-0.05, 0) is 75.2 Å². The number of amides is 2. The molecule has 0 saturated carbocycles. The van der Waals surface area contributed by atoms with Crippen molar-refractivity contribution in [3.05, 3.63) is 41.4 Å². The fourth-order valence-electron chi connectivity index (χ4n) is 5.72. The smallest absolute Gasteiger partial charge is 0.242 e. The molecule has 194 valence electrons. The Hall–Kier alpha value is -2.20. The Morgan fingerprint density at radius 3 is 2.58 bits per heavy atom. The second-order valence-electron chi connectivity index (χ2n) is 10.1. The molecule has 0 spiro atoms. The topological polar surface area (TPSA) is 90.0 Å². The molecule has 1 N–H and O–H groups in total. The van der Waals surface area contributed by atoms with E-state index in [9.17, 15) is 18.0 Å². The monoisotopic (exact) mass is 532 g/mol. The van der Waals surface area contributed by atoms with E-state index < -0.39 is 16.1 Å². The number of carbonyl (C=O) groups is 2. The lowest BCUT2D eigenvalue weighted by molar-refractivity contribution is -0.143. The predicted molar refractivity (Wildman–Crippen MR) is 139 cm³/mol. The third kappa shape index (κ3) is 5.39. The van der Waals surface area contributed by atoms with Crippen LogP contribution in [0.15, 0.2) is 41.3 Å². The van der Waals surface area contributed by atoms with Crippen molar-refractivity contribution in [3.8, 4) is 0 Å². The highest BCUT2D eigenvalue weighted by atomic mass is 35.5. The van der Waals surface area contributed by atoms with Gasteiger partial charge >= 0.3 is 0 Å². The van der Waals surface area contributed by atoms with Gasteiger partial charge in [0.15, 0.2) is 0 Å². The molecular formula is C26H33ClN4O4S. The van der Waals surface area contributed by atoms with Crippen LogP contribution < -0.4 is 4.72 Å². The third-order valence-electron chi connectivity index (χ3n) is 7.63. The SMILES string of the molecule is O=C1[C@@H](NS(=O)(=O)c2ccc3c(Cl)cccc3c2)CCCN1CC(=O)N1CCC[C@H]1CN1CCCC1. The minimum atomic E-state index is -3.93. The molecule has 0 unspecified atom stereocenters. The van der Waals surface area contributed by atoms with E-state index in [1.165, 1.54) is 23.8 Å². The largest absolute Gasteiger partial charge is 0.337 e. The number of sulfonamides is 1. The van der Waals surface area contributed by atoms with Crippen LogP contribution in [0.3, 0.4) is 0 Å². The zero-order valence-corrected chi connectivity index (χ0v) is 21.9. The van der Waals surface area contributed by atoms with E-state index in [1.54, 1.807) is 30.3 Å². The maximum atomic E-state index is 13.2. The Balaban J connectivity index is 1.23. The molecule has 3 aliphatic heterocycles. The average molecular weight is 533 g/mol. The summed E-state index contributed by atoms with van der Waals surface area (Å²) in [6, 6.07) is 9.37. The first-order valence-electron chi connectivity index (χ1n) is 12.8. The summed E-state index contributed by atoms with van der Waals surface area (Å²) in [5, 5.41) is 2.02. The first kappa shape index (κ1) is 25.4. The molecule has 5 rings (SSSR count). The van der Waals surface area contributed by atoms with Crippen molar-refractivity contribution in [1.82, 2.24) is 19.4 Å². The molecule has 0 aromatic heterocycles. The number of hydrogen-bond acceptors (Lipinski definition) is 5. The second kappa shape index (κ2) is 10.7. The van der Waals surface area contributed by atoms with E-state index in [0.29, 0.717) is 29.8 Å². The summed E-state index contributed by atoms with van der Waals surface area (Å²) in [6.07, 6.45) is 5.45. The van der Waals surface area contributed by atoms with Crippen LogP contribution in [0, 0.1) is 0 Å². The van der Waals surface area contributed by atoms with E-state index in [2.05, 4.69) is 9.62 Å². The van der Waals surface area contributed by atoms with Crippen LogP contribution in [0.25, 0.3) is 10.8 Å². The summed E-state index contributed by atoms with van der Waals surface area (Å²) in [5.74, 6) is -0.378. The number of halogens is 1. The molecule has 0 radical (unpaired) electrons. The Bertz CT molecular complexity index is 1250. The highest BCUT2D eigenvalue weighted by Gasteiger charge is 2.36. The van der Waals surface area contributed by atoms with Gasteiger partial charge in [0.05, 0.1) is 11.4 Å². The minimum absolute atomic E-state index is 0.00202. The molecule has 0 bridgehead atoms. The van der Waals surface area contributed by atoms with E-state index in [4.69, 9.17) is 11.6 Å². The van der Waals surface area contributed by atoms with Gasteiger partial charge in [-0.15, -0.1) is 0 Å². The average Bonchev–Trinajstić information content (AvgIpc) is 3.54. The quantitative estimate of drug-likeness (QED) is 0.592. The molecule has 36 heavy (non-hydrogen) atoms. The summed E-state index contributed by atoms with van der Waals surface area (Å²) >= 11 is 6.21. The Morgan fingerprint density at radius 1 is 1.00 bits per heavy atom. The van der Waals surface area contributed by atoms with Crippen LogP contribution in [-0.4, -0.2) is 86.3 Å². The molecule has 2 aromatic rings. The number of fused-ring (bicyclic) bond motifs is 1. The molecule has 10 heteroatoms. The van der Waals surface area contributed by atoms with Crippen LogP contribution >= 0.6 is 11.6 Å². The van der Waals surface area contributed by atoms with Crippen LogP contribution in [0.4, 0.5) is 0 Å². The first-order chi connectivity index (χ1) is 17.3. The number of hydrogen-bond donors (Lipinski definition) is 1. The molecule has 3 saturated heterocycles. The number of nitrogens with one attached hydrogen (secondary N) is 1. The molecule has 8 nitrogen and oxygen atoms in total. The first-order valence-corrected chi connectivity index (χ1v) is 14.7. The van der Waals surface area contributed by atoms with Gasteiger partial charge in [0.2, 0.25) is 21.8 Å². The van der Waals surface area contributed by atoms with Crippen LogP contribution in [0.5, 0.6) is 0 Å². The molecule has 2 aromatic carbocycles. The van der Waals surface area contributed by atoms with Crippen molar-refractivity contribution in [2.24, 2.45) is 0 Å². The molecule has 3 fully saturated rings. The van der Waals surface area contributed by atoms with Gasteiger partial charge < -0.3 is 14.7 Å². The molecule has 3 heterocycles. The maximum Gasteiger partial charge on any atom is 0.242 e. The van der Waals surface area contributed by atoms with Crippen molar-refractivity contribution in [2.45, 2.75) is 55.5 Å². The summed E-state index contributed by atoms with van der Waals surface area (Å²) in [5.41, 5.74) is 0. The lowest BCUT2D eigenvalue weighted by Crippen LogP contribution is -2.55. The zero-order valence-electron chi connectivity index (χ0n) is 20.4. The minimum Gasteiger partial charge on any atom is -0.337 e. The van der Waals surface area contributed by atoms with Crippen LogP contribution in [-0.2, 0) is 19.6 Å². The molecule has 2 atom stereocenters. The van der Waals surface area contributed by atoms with Crippen molar-refractivity contribution < 1.29 is 18.0 Å². The molecule has 0 aliphatic carbocycles. The summed E-state index contributed by atoms with van der Waals surface area (Å²) < 4.78 is 28.8. The van der Waals surface area contributed by atoms with Gasteiger partial charge in [0.1, 0.15) is 6.04 Å². The van der Waals surface area contributed by atoms with Gasteiger partial charge in [0.25, 0.3) is 0 Å². The number of benzene rings is 2. The van der Waals surface area contributed by atoms with Gasteiger partial charge in [0, 0.05) is 36.1 Å². The molecule has 3 aliphatic rings. The fourth-order valence-corrected chi connectivity index (χ4v) is 7.23. The van der Waals surface area contributed by atoms with Gasteiger partial charge in [-0.25, -0.2) is 8.42 Å². The van der Waals surface area contributed by atoms with Crippen molar-refractivity contribution >= 4 is 44.2 Å². The maximum absolute atomic E-state index is 13.2. The number of piperidine rings is 1. The number of carbonyl (C=O) groups excluding carboxylic acids is 2. The van der Waals surface area contributed by atoms with E-state index >= 15 is 0 Å². The predicted octanol–water partition coefficient (Wildman–Crippen LogP) is 2.85. The van der Waals surface area contributed by atoms with E-state index in [1.807, 2.05) is 4.90 Å². The standard InChI is InChI=1S/C26H33ClN4O4S/c27-23-8-3-6-19-16-21(10-11-22(19)23)36(34,35)28-24-9-5-14-30(26(24)33)18-25(32)31-15-4-7-20(31)17-29-12-1-2-13-29/h3,6,8,10-11,16,20,24,28H,1-2,4-5,7,9,12-15,17-18H2/t20-,24-/m0/s1. The highest BCUT2D eigenvalue weighted by Crippen LogP contribution is 2.26. The Morgan fingerprint density at radius 2 is 1.78 bits per heavy atom. The summed E-state index contributed by atoms with van der Waals surface area (Å²) in [4.78, 5) is 32.3. The lowest BCUT2D eigenvalue weighted by atomic mass is 10.1. The van der Waals surface area contributed by atoms with Gasteiger partial charge in [-0.3, -0.25) is 9.59 Å². The normalized spacial score (nSPS) is 23.6. The van der Waals surface area contributed by atoms with Crippen molar-refractivity contribution in [1.29, 1.82) is 0 Å².